The lowest BCUT2D eigenvalue weighted by Crippen LogP contribution is -2.10. The van der Waals surface area contributed by atoms with E-state index in [1.807, 2.05) is 18.2 Å². The number of benzene rings is 2. The van der Waals surface area contributed by atoms with E-state index in [-0.39, 0.29) is 23.5 Å². The van der Waals surface area contributed by atoms with E-state index in [1.165, 1.54) is 0 Å². The third-order valence-electron chi connectivity index (χ3n) is 4.75. The van der Waals surface area contributed by atoms with Crippen LogP contribution in [-0.4, -0.2) is 35.3 Å². The van der Waals surface area contributed by atoms with Gasteiger partial charge in [0.15, 0.2) is 9.84 Å². The fourth-order valence-corrected chi connectivity index (χ4v) is 5.71. The summed E-state index contributed by atoms with van der Waals surface area (Å²) in [6.07, 6.45) is 0. The monoisotopic (exact) mass is 445 g/mol. The molecule has 0 aliphatic carbocycles. The van der Waals surface area contributed by atoms with Crippen molar-refractivity contribution in [2.75, 3.05) is 11.5 Å². The van der Waals surface area contributed by atoms with Gasteiger partial charge < -0.3 is 15.0 Å². The van der Waals surface area contributed by atoms with Crippen molar-refractivity contribution in [1.29, 1.82) is 0 Å². The molecule has 1 aliphatic heterocycles. The molecular weight excluding hydrogens is 422 g/mol. The van der Waals surface area contributed by atoms with Gasteiger partial charge in [0.2, 0.25) is 11.7 Å². The fraction of sp³-hybridized carbons (Fsp3) is 0.333. The molecule has 1 aliphatic rings. The second kappa shape index (κ2) is 8.41. The zero-order chi connectivity index (χ0) is 21.3. The van der Waals surface area contributed by atoms with Crippen LogP contribution >= 0.6 is 11.8 Å². The summed E-state index contributed by atoms with van der Waals surface area (Å²) >= 11 is 1.68. The van der Waals surface area contributed by atoms with Gasteiger partial charge in [-0.15, -0.1) is 0 Å². The Morgan fingerprint density at radius 3 is 2.57 bits per heavy atom. The molecule has 1 atom stereocenters. The predicted molar refractivity (Wildman–Crippen MR) is 117 cm³/mol. The maximum absolute atomic E-state index is 12.4. The second-order valence-electron chi connectivity index (χ2n) is 7.43. The molecule has 4 rings (SSSR count). The minimum absolute atomic E-state index is 0.191. The van der Waals surface area contributed by atoms with E-state index in [9.17, 15) is 8.42 Å². The van der Waals surface area contributed by atoms with Gasteiger partial charge in [-0.25, -0.2) is 8.42 Å². The van der Waals surface area contributed by atoms with Gasteiger partial charge in [-0.1, -0.05) is 19.0 Å². The van der Waals surface area contributed by atoms with E-state index in [2.05, 4.69) is 24.0 Å². The molecule has 1 fully saturated rings. The highest BCUT2D eigenvalue weighted by atomic mass is 32.2. The number of sulfone groups is 1. The molecule has 0 amide bonds. The Balaban J connectivity index is 1.56. The molecule has 0 radical (unpaired) electrons. The van der Waals surface area contributed by atoms with Crippen molar-refractivity contribution in [3.05, 3.63) is 53.9 Å². The van der Waals surface area contributed by atoms with Crippen molar-refractivity contribution in [3.8, 4) is 22.9 Å². The van der Waals surface area contributed by atoms with E-state index in [0.717, 1.165) is 16.9 Å². The van der Waals surface area contributed by atoms with Gasteiger partial charge in [-0.05, 0) is 53.9 Å². The van der Waals surface area contributed by atoms with Crippen molar-refractivity contribution < 1.29 is 17.7 Å². The van der Waals surface area contributed by atoms with Crippen LogP contribution in [0.2, 0.25) is 0 Å². The first-order valence-corrected chi connectivity index (χ1v) is 12.3. The largest absolute Gasteiger partial charge is 0.457 e. The van der Waals surface area contributed by atoms with E-state index >= 15 is 0 Å². The third kappa shape index (κ3) is 4.69. The van der Waals surface area contributed by atoms with Gasteiger partial charge in [0, 0.05) is 16.6 Å². The second-order valence-corrected chi connectivity index (χ2v) is 10.8. The fourth-order valence-electron chi connectivity index (χ4n) is 3.03. The maximum Gasteiger partial charge on any atom is 0.240 e. The molecule has 1 saturated heterocycles. The highest BCUT2D eigenvalue weighted by molar-refractivity contribution is 8.08. The van der Waals surface area contributed by atoms with Crippen LogP contribution in [-0.2, 0) is 16.4 Å². The highest BCUT2D eigenvalue weighted by Crippen LogP contribution is 2.35. The minimum atomic E-state index is -3.25. The minimum Gasteiger partial charge on any atom is -0.457 e. The van der Waals surface area contributed by atoms with E-state index < -0.39 is 9.84 Å². The molecule has 1 aromatic heterocycles. The van der Waals surface area contributed by atoms with Gasteiger partial charge in [0.1, 0.15) is 11.5 Å². The summed E-state index contributed by atoms with van der Waals surface area (Å²) in [5.74, 6) is 3.44. The first-order valence-electron chi connectivity index (χ1n) is 9.65. The number of nitrogens with zero attached hydrogens (tertiary/aromatic N) is 2. The average molecular weight is 446 g/mol. The van der Waals surface area contributed by atoms with Gasteiger partial charge >= 0.3 is 0 Å². The summed E-state index contributed by atoms with van der Waals surface area (Å²) < 4.78 is 36.0. The third-order valence-corrected chi connectivity index (χ3v) is 7.77. The summed E-state index contributed by atoms with van der Waals surface area (Å²) in [6, 6.07) is 12.3. The van der Waals surface area contributed by atoms with Crippen LogP contribution in [0.4, 0.5) is 0 Å². The van der Waals surface area contributed by atoms with Crippen LogP contribution in [0, 0.1) is 0 Å². The molecule has 158 valence electrons. The lowest BCUT2D eigenvalue weighted by atomic mass is 9.99. The molecule has 2 N–H and O–H groups in total. The van der Waals surface area contributed by atoms with Crippen molar-refractivity contribution in [3.63, 3.8) is 0 Å². The first-order chi connectivity index (χ1) is 14.4. The lowest BCUT2D eigenvalue weighted by Gasteiger charge is -2.15. The molecule has 1 unspecified atom stereocenters. The Morgan fingerprint density at radius 1 is 1.23 bits per heavy atom. The normalized spacial score (nSPS) is 16.1. The van der Waals surface area contributed by atoms with Crippen LogP contribution in [0.1, 0.15) is 31.2 Å². The topological polar surface area (TPSA) is 108 Å². The molecule has 7 nitrogen and oxygen atoms in total. The summed E-state index contributed by atoms with van der Waals surface area (Å²) in [5.41, 5.74) is 7.33. The highest BCUT2D eigenvalue weighted by Gasteiger charge is 2.30. The molecule has 0 spiro atoms. The SMILES string of the molecule is CC(C)c1cc(-c2noc(CN)n2)ccc1Oc1ccc(S(=O)(=O)CC2CS2)cc1. The molecule has 0 saturated carbocycles. The Morgan fingerprint density at radius 2 is 1.97 bits per heavy atom. The van der Waals surface area contributed by atoms with Crippen LogP contribution in [0.5, 0.6) is 11.5 Å². The van der Waals surface area contributed by atoms with E-state index in [1.54, 1.807) is 36.0 Å². The van der Waals surface area contributed by atoms with E-state index in [0.29, 0.717) is 28.1 Å². The Kier molecular flexibility index (Phi) is 5.86. The van der Waals surface area contributed by atoms with Crippen molar-refractivity contribution in [2.24, 2.45) is 5.73 Å². The Bertz CT molecular complexity index is 1140. The molecular formula is C21H23N3O4S2. The number of nitrogens with two attached hydrogens (primary N) is 1. The van der Waals surface area contributed by atoms with Crippen LogP contribution in [0.15, 0.2) is 51.9 Å². The van der Waals surface area contributed by atoms with Crippen molar-refractivity contribution >= 4 is 21.6 Å². The predicted octanol–water partition coefficient (Wildman–Crippen LogP) is 4.00. The Labute approximate surface area is 179 Å². The van der Waals surface area contributed by atoms with Crippen molar-refractivity contribution in [1.82, 2.24) is 10.1 Å². The van der Waals surface area contributed by atoms with Gasteiger partial charge in [0.25, 0.3) is 0 Å². The number of ether oxygens (including phenoxy) is 1. The molecule has 2 heterocycles. The van der Waals surface area contributed by atoms with Crippen LogP contribution in [0.25, 0.3) is 11.4 Å². The molecule has 9 heteroatoms. The average Bonchev–Trinajstić information content (AvgIpc) is 3.39. The van der Waals surface area contributed by atoms with Gasteiger partial charge in [-0.2, -0.15) is 16.7 Å². The van der Waals surface area contributed by atoms with Crippen LogP contribution < -0.4 is 10.5 Å². The number of hydrogen-bond acceptors (Lipinski definition) is 8. The summed E-state index contributed by atoms with van der Waals surface area (Å²) in [7, 11) is -3.25. The summed E-state index contributed by atoms with van der Waals surface area (Å²) in [6.45, 7) is 4.33. The first kappa shape index (κ1) is 20.9. The number of thioether (sulfide) groups is 1. The smallest absolute Gasteiger partial charge is 0.240 e. The zero-order valence-electron chi connectivity index (χ0n) is 16.7. The lowest BCUT2D eigenvalue weighted by molar-refractivity contribution is 0.380. The number of rotatable bonds is 8. The standard InChI is InChI=1S/C21H23N3O4S2/c1-13(2)18-9-14(21-23-20(10-22)28-24-21)3-8-19(18)27-15-4-6-17(7-5-15)30(25,26)12-16-11-29-16/h3-9,13,16H,10-12,22H2,1-2H3. The molecule has 30 heavy (non-hydrogen) atoms. The van der Waals surface area contributed by atoms with Crippen LogP contribution in [0.3, 0.4) is 0 Å². The van der Waals surface area contributed by atoms with Crippen molar-refractivity contribution in [2.45, 2.75) is 36.5 Å². The van der Waals surface area contributed by atoms with Gasteiger partial charge in [-0.3, -0.25) is 0 Å². The summed E-state index contributed by atoms with van der Waals surface area (Å²) in [5, 5.41) is 4.20. The summed E-state index contributed by atoms with van der Waals surface area (Å²) in [4.78, 5) is 4.60. The molecule has 3 aromatic rings. The number of hydrogen-bond donors (Lipinski definition) is 1. The number of aromatic nitrogens is 2. The quantitative estimate of drug-likeness (QED) is 0.518. The molecule has 0 bridgehead atoms. The molecule has 2 aromatic carbocycles. The maximum atomic E-state index is 12.4. The zero-order valence-corrected chi connectivity index (χ0v) is 18.4. The van der Waals surface area contributed by atoms with E-state index in [4.69, 9.17) is 15.0 Å². The Hall–Kier alpha value is -2.36. The van der Waals surface area contributed by atoms with Gasteiger partial charge in [0.05, 0.1) is 17.2 Å².